The highest BCUT2D eigenvalue weighted by Gasteiger charge is 2.18. The van der Waals surface area contributed by atoms with Crippen LogP contribution in [0.3, 0.4) is 0 Å². The highest BCUT2D eigenvalue weighted by atomic mass is 16.3. The Bertz CT molecular complexity index is 79.6. The van der Waals surface area contributed by atoms with Crippen molar-refractivity contribution in [2.45, 2.75) is 12.6 Å². The monoisotopic (exact) mass is 151 g/mol. The summed E-state index contributed by atoms with van der Waals surface area (Å²) in [5.41, 5.74) is 0. The maximum atomic E-state index is 9.20. The quantitative estimate of drug-likeness (QED) is 0.410. The van der Waals surface area contributed by atoms with Crippen LogP contribution in [-0.4, -0.2) is 54.2 Å². The Kier molecular flexibility index (Phi) is 5.78. The van der Waals surface area contributed by atoms with Crippen molar-refractivity contribution in [3.05, 3.63) is 0 Å². The van der Waals surface area contributed by atoms with E-state index in [0.29, 0.717) is 10.9 Å². The van der Waals surface area contributed by atoms with Crippen molar-refractivity contribution in [3.63, 3.8) is 0 Å². The second-order valence-electron chi connectivity index (χ2n) is 3.11. The molecular formula is C6H17NO3. The Labute approximate surface area is 61.6 Å². The van der Waals surface area contributed by atoms with Crippen molar-refractivity contribution in [3.8, 4) is 0 Å². The van der Waals surface area contributed by atoms with Gasteiger partial charge in [0.05, 0.1) is 27.7 Å². The van der Waals surface area contributed by atoms with E-state index in [1.54, 1.807) is 0 Å². The summed E-state index contributed by atoms with van der Waals surface area (Å²) in [5.74, 6) is 0. The summed E-state index contributed by atoms with van der Waals surface area (Å²) in [7, 11) is 5.67. The van der Waals surface area contributed by atoms with E-state index >= 15 is 0 Å². The molecule has 0 aromatic rings. The van der Waals surface area contributed by atoms with Crippen LogP contribution in [0.15, 0.2) is 0 Å². The summed E-state index contributed by atoms with van der Waals surface area (Å²) in [4.78, 5) is 0. The van der Waals surface area contributed by atoms with Gasteiger partial charge in [0.1, 0.15) is 0 Å². The second kappa shape index (κ2) is 4.62. The van der Waals surface area contributed by atoms with E-state index in [2.05, 4.69) is 0 Å². The standard InChI is InChI=1S/C6H16NO2.H2O/c1-7(2,3)6(9)4-5-8;/h6,8-9H,4-5H2,1-3H3;1H2/q+1;/p-1. The van der Waals surface area contributed by atoms with Crippen LogP contribution in [0, 0.1) is 0 Å². The fourth-order valence-electron chi connectivity index (χ4n) is 0.503. The molecule has 0 aromatic heterocycles. The molecule has 0 amide bonds. The minimum Gasteiger partial charge on any atom is -0.870 e. The largest absolute Gasteiger partial charge is 0.870 e. The summed E-state index contributed by atoms with van der Waals surface area (Å²) in [6.45, 7) is 0.0523. The zero-order valence-corrected chi connectivity index (χ0v) is 6.78. The molecule has 0 aliphatic heterocycles. The van der Waals surface area contributed by atoms with Crippen LogP contribution in [0.2, 0.25) is 0 Å². The average Bonchev–Trinajstić information content (AvgIpc) is 1.64. The molecule has 0 fully saturated rings. The molecule has 10 heavy (non-hydrogen) atoms. The van der Waals surface area contributed by atoms with Crippen LogP contribution in [-0.2, 0) is 0 Å². The van der Waals surface area contributed by atoms with Gasteiger partial charge in [-0.2, -0.15) is 0 Å². The maximum Gasteiger partial charge on any atom is 0.192 e. The zero-order chi connectivity index (χ0) is 7.49. The van der Waals surface area contributed by atoms with Gasteiger partial charge in [0.25, 0.3) is 0 Å². The van der Waals surface area contributed by atoms with Crippen molar-refractivity contribution in [1.29, 1.82) is 0 Å². The number of aliphatic hydroxyl groups is 2. The zero-order valence-electron chi connectivity index (χ0n) is 6.78. The maximum absolute atomic E-state index is 9.20. The number of hydrogen-bond acceptors (Lipinski definition) is 3. The Morgan fingerprint density at radius 2 is 1.70 bits per heavy atom. The number of rotatable bonds is 3. The van der Waals surface area contributed by atoms with Gasteiger partial charge in [-0.05, 0) is 0 Å². The molecule has 4 nitrogen and oxygen atoms in total. The Balaban J connectivity index is 0. The smallest absolute Gasteiger partial charge is 0.192 e. The molecule has 3 N–H and O–H groups in total. The van der Waals surface area contributed by atoms with E-state index in [1.807, 2.05) is 21.1 Å². The third kappa shape index (κ3) is 4.69. The van der Waals surface area contributed by atoms with Crippen LogP contribution in [0.4, 0.5) is 0 Å². The molecule has 0 aromatic carbocycles. The van der Waals surface area contributed by atoms with Gasteiger partial charge in [-0.15, -0.1) is 0 Å². The second-order valence-corrected chi connectivity index (χ2v) is 3.11. The topological polar surface area (TPSA) is 70.5 Å². The first-order chi connectivity index (χ1) is 3.98. The molecule has 0 radical (unpaired) electrons. The molecule has 0 saturated heterocycles. The van der Waals surface area contributed by atoms with Crippen molar-refractivity contribution in [2.75, 3.05) is 27.7 Å². The lowest BCUT2D eigenvalue weighted by Crippen LogP contribution is -2.45. The highest BCUT2D eigenvalue weighted by Crippen LogP contribution is 2.01. The molecule has 1 unspecified atom stereocenters. The van der Waals surface area contributed by atoms with Gasteiger partial charge >= 0.3 is 0 Å². The van der Waals surface area contributed by atoms with Crippen LogP contribution < -0.4 is 0 Å². The summed E-state index contributed by atoms with van der Waals surface area (Å²) in [6, 6.07) is 0. The molecule has 0 rings (SSSR count). The van der Waals surface area contributed by atoms with E-state index in [1.165, 1.54) is 0 Å². The molecule has 0 aliphatic rings. The van der Waals surface area contributed by atoms with Gasteiger partial charge in [0.2, 0.25) is 0 Å². The Morgan fingerprint density at radius 3 is 1.80 bits per heavy atom. The van der Waals surface area contributed by atoms with E-state index in [0.717, 1.165) is 0 Å². The average molecular weight is 151 g/mol. The number of aliphatic hydroxyl groups excluding tert-OH is 2. The van der Waals surface area contributed by atoms with Gasteiger partial charge in [-0.1, -0.05) is 0 Å². The molecule has 4 heteroatoms. The van der Waals surface area contributed by atoms with E-state index in [9.17, 15) is 5.11 Å². The molecule has 0 heterocycles. The van der Waals surface area contributed by atoms with E-state index in [-0.39, 0.29) is 12.1 Å². The first kappa shape index (κ1) is 12.5. The molecule has 0 bridgehead atoms. The van der Waals surface area contributed by atoms with Gasteiger partial charge < -0.3 is 20.2 Å². The number of nitrogens with zero attached hydrogens (tertiary/aromatic N) is 1. The summed E-state index contributed by atoms with van der Waals surface area (Å²) in [5, 5.41) is 17.6. The minimum atomic E-state index is -0.449. The molecular weight excluding hydrogens is 134 g/mol. The lowest BCUT2D eigenvalue weighted by Gasteiger charge is -2.29. The first-order valence-electron chi connectivity index (χ1n) is 3.08. The van der Waals surface area contributed by atoms with Crippen LogP contribution >= 0.6 is 0 Å². The molecule has 0 saturated carbocycles. The first-order valence-corrected chi connectivity index (χ1v) is 3.08. The van der Waals surface area contributed by atoms with Crippen molar-refractivity contribution >= 4 is 0 Å². The fourth-order valence-corrected chi connectivity index (χ4v) is 0.503. The molecule has 0 aliphatic carbocycles. The van der Waals surface area contributed by atoms with Gasteiger partial charge in [0, 0.05) is 6.42 Å². The van der Waals surface area contributed by atoms with Crippen LogP contribution in [0.25, 0.3) is 0 Å². The van der Waals surface area contributed by atoms with E-state index < -0.39 is 6.23 Å². The normalized spacial score (nSPS) is 14.1. The van der Waals surface area contributed by atoms with Gasteiger partial charge in [-0.25, -0.2) is 0 Å². The van der Waals surface area contributed by atoms with E-state index in [4.69, 9.17) is 5.11 Å². The highest BCUT2D eigenvalue weighted by molar-refractivity contribution is 4.37. The minimum absolute atomic E-state index is 0. The SMILES string of the molecule is C[N+](C)(C)C(O)CCO.[OH-]. The lowest BCUT2D eigenvalue weighted by atomic mass is 10.3. The van der Waals surface area contributed by atoms with Crippen LogP contribution in [0.1, 0.15) is 6.42 Å². The predicted molar refractivity (Wildman–Crippen MR) is 37.7 cm³/mol. The third-order valence-electron chi connectivity index (χ3n) is 1.28. The number of quaternary nitrogens is 1. The third-order valence-corrected chi connectivity index (χ3v) is 1.28. The Morgan fingerprint density at radius 1 is 1.30 bits per heavy atom. The molecule has 64 valence electrons. The van der Waals surface area contributed by atoms with Crippen molar-refractivity contribution in [1.82, 2.24) is 0 Å². The van der Waals surface area contributed by atoms with Gasteiger partial charge in [0.15, 0.2) is 6.23 Å². The predicted octanol–water partition coefficient (Wildman–Crippen LogP) is -0.783. The van der Waals surface area contributed by atoms with Gasteiger partial charge in [-0.3, -0.25) is 0 Å². The Hall–Kier alpha value is -0.160. The molecule has 0 spiro atoms. The summed E-state index contributed by atoms with van der Waals surface area (Å²) >= 11 is 0. The van der Waals surface area contributed by atoms with Crippen molar-refractivity contribution < 1.29 is 20.2 Å². The molecule has 1 atom stereocenters. The lowest BCUT2D eigenvalue weighted by molar-refractivity contribution is -0.919. The van der Waals surface area contributed by atoms with Crippen molar-refractivity contribution in [2.24, 2.45) is 0 Å². The number of hydrogen-bond donors (Lipinski definition) is 2. The van der Waals surface area contributed by atoms with Crippen LogP contribution in [0.5, 0.6) is 0 Å². The summed E-state index contributed by atoms with van der Waals surface area (Å²) in [6.07, 6.45) is -0.00116. The fraction of sp³-hybridized carbons (Fsp3) is 1.00. The summed E-state index contributed by atoms with van der Waals surface area (Å²) < 4.78 is 0.487.